The average Bonchev–Trinajstić information content (AvgIpc) is 2.73. The zero-order chi connectivity index (χ0) is 21.7. The Morgan fingerprint density at radius 3 is 2.13 bits per heavy atom. The lowest BCUT2D eigenvalue weighted by Gasteiger charge is -2.57. The molecule has 2 aliphatic carbocycles. The molecule has 3 fully saturated rings. The Kier molecular flexibility index (Phi) is 7.89. The van der Waals surface area contributed by atoms with Gasteiger partial charge < -0.3 is 9.69 Å². The lowest BCUT2D eigenvalue weighted by Crippen LogP contribution is -2.61. The predicted molar refractivity (Wildman–Crippen MR) is 124 cm³/mol. The van der Waals surface area contributed by atoms with Crippen LogP contribution in [0.15, 0.2) is 12.4 Å². The summed E-state index contributed by atoms with van der Waals surface area (Å²) in [6, 6.07) is 1.47. The van der Waals surface area contributed by atoms with Crippen LogP contribution < -0.4 is 4.90 Å². The zero-order valence-corrected chi connectivity index (χ0v) is 19.8. The first kappa shape index (κ1) is 23.2. The fourth-order valence-electron chi connectivity index (χ4n) is 5.43. The molecule has 1 aromatic heterocycles. The number of carbonyl (C=O) groups excluding carboxylic acids is 1. The van der Waals surface area contributed by atoms with Crippen LogP contribution in [-0.2, 0) is 4.79 Å². The Bertz CT molecular complexity index is 658. The fraction of sp³-hybridized carbons (Fsp3) is 0.800. The molecular formula is C25H42N4O. The first-order valence-electron chi connectivity index (χ1n) is 12.1. The lowest BCUT2D eigenvalue weighted by atomic mass is 9.58. The van der Waals surface area contributed by atoms with Gasteiger partial charge in [-0.2, -0.15) is 0 Å². The van der Waals surface area contributed by atoms with Gasteiger partial charge in [0.05, 0.1) is 18.1 Å². The summed E-state index contributed by atoms with van der Waals surface area (Å²) in [6.07, 6.45) is 15.3. The molecule has 168 valence electrons. The molecule has 1 atom stereocenters. The number of anilines is 1. The third-order valence-corrected chi connectivity index (χ3v) is 7.21. The van der Waals surface area contributed by atoms with Crippen molar-refractivity contribution >= 4 is 12.0 Å². The highest BCUT2D eigenvalue weighted by Crippen LogP contribution is 2.53. The van der Waals surface area contributed by atoms with Gasteiger partial charge in [-0.1, -0.05) is 47.0 Å². The summed E-state index contributed by atoms with van der Waals surface area (Å²) < 4.78 is 0. The third kappa shape index (κ3) is 5.60. The lowest BCUT2D eigenvalue weighted by molar-refractivity contribution is -0.110. The van der Waals surface area contributed by atoms with Gasteiger partial charge in [0.25, 0.3) is 0 Å². The maximum Gasteiger partial charge on any atom is 0.130 e. The molecule has 0 radical (unpaired) electrons. The monoisotopic (exact) mass is 414 g/mol. The van der Waals surface area contributed by atoms with E-state index < -0.39 is 0 Å². The van der Waals surface area contributed by atoms with Gasteiger partial charge in [0.15, 0.2) is 0 Å². The van der Waals surface area contributed by atoms with E-state index in [9.17, 15) is 4.79 Å². The SMILES string of the molecule is CC(C)C=O.CC(C)c1ncc(N2CCN(C3CC4(CCCCC4)C3)C(C)C2)cn1. The quantitative estimate of drug-likeness (QED) is 0.644. The molecule has 5 heteroatoms. The molecule has 1 saturated heterocycles. The molecule has 4 rings (SSSR count). The Balaban J connectivity index is 0.000000461. The van der Waals surface area contributed by atoms with Gasteiger partial charge in [0.1, 0.15) is 12.1 Å². The van der Waals surface area contributed by atoms with Crippen molar-refractivity contribution in [1.82, 2.24) is 14.9 Å². The van der Waals surface area contributed by atoms with Gasteiger partial charge in [-0.05, 0) is 38.0 Å². The Hall–Kier alpha value is -1.49. The van der Waals surface area contributed by atoms with E-state index in [1.165, 1.54) is 57.2 Å². The summed E-state index contributed by atoms with van der Waals surface area (Å²) in [5.41, 5.74) is 1.92. The van der Waals surface area contributed by atoms with Crippen LogP contribution in [0.3, 0.4) is 0 Å². The summed E-state index contributed by atoms with van der Waals surface area (Å²) in [5.74, 6) is 1.55. The van der Waals surface area contributed by atoms with Crippen molar-refractivity contribution in [3.05, 3.63) is 18.2 Å². The first-order chi connectivity index (χ1) is 14.3. The van der Waals surface area contributed by atoms with Crippen LogP contribution in [0.4, 0.5) is 5.69 Å². The summed E-state index contributed by atoms with van der Waals surface area (Å²) >= 11 is 0. The molecule has 0 N–H and O–H groups in total. The molecule has 1 spiro atoms. The number of hydrogen-bond donors (Lipinski definition) is 0. The van der Waals surface area contributed by atoms with Gasteiger partial charge in [0.2, 0.25) is 0 Å². The van der Waals surface area contributed by atoms with Crippen LogP contribution in [-0.4, -0.2) is 52.9 Å². The molecule has 1 aromatic rings. The molecule has 5 nitrogen and oxygen atoms in total. The predicted octanol–water partition coefficient (Wildman–Crippen LogP) is 5.06. The first-order valence-corrected chi connectivity index (χ1v) is 12.1. The van der Waals surface area contributed by atoms with Gasteiger partial charge in [0, 0.05) is 43.6 Å². The number of piperazine rings is 1. The van der Waals surface area contributed by atoms with Crippen LogP contribution in [0.25, 0.3) is 0 Å². The number of rotatable bonds is 4. The molecule has 0 amide bonds. The van der Waals surface area contributed by atoms with Gasteiger partial charge in [-0.3, -0.25) is 4.90 Å². The second-order valence-electron chi connectivity index (χ2n) is 10.5. The molecule has 30 heavy (non-hydrogen) atoms. The van der Waals surface area contributed by atoms with E-state index in [0.717, 1.165) is 36.7 Å². The summed E-state index contributed by atoms with van der Waals surface area (Å²) in [4.78, 5) is 23.9. The topological polar surface area (TPSA) is 49.3 Å². The van der Waals surface area contributed by atoms with Crippen LogP contribution in [0.2, 0.25) is 0 Å². The number of aromatic nitrogens is 2. The largest absolute Gasteiger partial charge is 0.366 e. The second kappa shape index (κ2) is 10.2. The van der Waals surface area contributed by atoms with Crippen molar-refractivity contribution in [3.8, 4) is 0 Å². The Morgan fingerprint density at radius 1 is 1.03 bits per heavy atom. The Labute approximate surface area is 183 Å². The number of nitrogens with zero attached hydrogens (tertiary/aromatic N) is 4. The molecule has 1 unspecified atom stereocenters. The van der Waals surface area contributed by atoms with Crippen LogP contribution >= 0.6 is 0 Å². The highest BCUT2D eigenvalue weighted by molar-refractivity contribution is 5.51. The smallest absolute Gasteiger partial charge is 0.130 e. The maximum absolute atomic E-state index is 9.50. The van der Waals surface area contributed by atoms with E-state index in [1.807, 2.05) is 26.2 Å². The van der Waals surface area contributed by atoms with Crippen molar-refractivity contribution in [3.63, 3.8) is 0 Å². The molecular weight excluding hydrogens is 372 g/mol. The average molecular weight is 415 g/mol. The minimum Gasteiger partial charge on any atom is -0.366 e. The van der Waals surface area contributed by atoms with E-state index >= 15 is 0 Å². The fourth-order valence-corrected chi connectivity index (χ4v) is 5.43. The Morgan fingerprint density at radius 2 is 1.63 bits per heavy atom. The van der Waals surface area contributed by atoms with Gasteiger partial charge in [-0.15, -0.1) is 0 Å². The number of aldehydes is 1. The molecule has 0 bridgehead atoms. The van der Waals surface area contributed by atoms with Crippen molar-refractivity contribution in [2.45, 2.75) is 97.6 Å². The van der Waals surface area contributed by atoms with Crippen molar-refractivity contribution < 1.29 is 4.79 Å². The molecule has 0 aromatic carbocycles. The van der Waals surface area contributed by atoms with Crippen molar-refractivity contribution in [1.29, 1.82) is 0 Å². The van der Waals surface area contributed by atoms with Gasteiger partial charge in [-0.25, -0.2) is 9.97 Å². The zero-order valence-electron chi connectivity index (χ0n) is 19.8. The van der Waals surface area contributed by atoms with E-state index in [-0.39, 0.29) is 5.92 Å². The van der Waals surface area contributed by atoms with Crippen molar-refractivity contribution in [2.24, 2.45) is 11.3 Å². The van der Waals surface area contributed by atoms with Crippen LogP contribution in [0.1, 0.15) is 91.3 Å². The van der Waals surface area contributed by atoms with E-state index in [1.54, 1.807) is 0 Å². The van der Waals surface area contributed by atoms with E-state index in [0.29, 0.717) is 12.0 Å². The molecule has 2 saturated carbocycles. The standard InChI is InChI=1S/C21H34N4.C4H8O/c1-16(2)20-22-13-19(14-23-20)24-9-10-25(17(3)15-24)18-11-21(12-18)7-5-4-6-8-21;1-4(2)3-5/h13-14,16-18H,4-12,15H2,1-3H3;3-4H,1-2H3. The maximum atomic E-state index is 9.50. The van der Waals surface area contributed by atoms with Crippen LogP contribution in [0, 0.1) is 11.3 Å². The summed E-state index contributed by atoms with van der Waals surface area (Å²) in [7, 11) is 0. The van der Waals surface area contributed by atoms with E-state index in [2.05, 4.69) is 40.5 Å². The van der Waals surface area contributed by atoms with Crippen LogP contribution in [0.5, 0.6) is 0 Å². The van der Waals surface area contributed by atoms with Crippen molar-refractivity contribution in [2.75, 3.05) is 24.5 Å². The summed E-state index contributed by atoms with van der Waals surface area (Å²) in [6.45, 7) is 13.8. The van der Waals surface area contributed by atoms with Gasteiger partial charge >= 0.3 is 0 Å². The second-order valence-corrected chi connectivity index (χ2v) is 10.5. The highest BCUT2D eigenvalue weighted by Gasteiger charge is 2.47. The number of hydrogen-bond acceptors (Lipinski definition) is 5. The molecule has 1 aliphatic heterocycles. The van der Waals surface area contributed by atoms with E-state index in [4.69, 9.17) is 0 Å². The number of carbonyl (C=O) groups is 1. The normalized spacial score (nSPS) is 24.5. The minimum absolute atomic E-state index is 0.204. The third-order valence-electron chi connectivity index (χ3n) is 7.21. The summed E-state index contributed by atoms with van der Waals surface area (Å²) in [5, 5.41) is 0. The molecule has 3 aliphatic rings. The molecule has 2 heterocycles. The highest BCUT2D eigenvalue weighted by atomic mass is 16.1. The minimum atomic E-state index is 0.204.